The second-order valence-corrected chi connectivity index (χ2v) is 5.99. The van der Waals surface area contributed by atoms with Crippen LogP contribution in [0.5, 0.6) is 0 Å². The lowest BCUT2D eigenvalue weighted by atomic mass is 10.2. The number of likely N-dealkylation sites (tertiary alicyclic amines) is 1. The van der Waals surface area contributed by atoms with Crippen molar-refractivity contribution in [2.45, 2.75) is 45.7 Å². The van der Waals surface area contributed by atoms with E-state index in [1.165, 1.54) is 43.0 Å². The lowest BCUT2D eigenvalue weighted by molar-refractivity contribution is 0.289. The number of aryl methyl sites for hydroxylation is 1. The normalized spacial score (nSPS) is 20.6. The molecular weight excluding hydrogens is 230 g/mol. The third-order valence-electron chi connectivity index (χ3n) is 3.44. The molecule has 1 saturated heterocycles. The first-order chi connectivity index (χ1) is 8.16. The third kappa shape index (κ3) is 3.50. The van der Waals surface area contributed by atoms with Gasteiger partial charge in [-0.2, -0.15) is 0 Å². The topological polar surface area (TPSA) is 28.2 Å². The molecule has 0 aromatic carbocycles. The van der Waals surface area contributed by atoms with Gasteiger partial charge in [-0.25, -0.2) is 4.98 Å². The summed E-state index contributed by atoms with van der Waals surface area (Å²) in [4.78, 5) is 8.25. The predicted molar refractivity (Wildman–Crippen MR) is 73.5 cm³/mol. The number of thiazole rings is 1. The van der Waals surface area contributed by atoms with E-state index < -0.39 is 0 Å². The van der Waals surface area contributed by atoms with Gasteiger partial charge in [0.2, 0.25) is 0 Å². The zero-order valence-electron chi connectivity index (χ0n) is 11.1. The van der Waals surface area contributed by atoms with Crippen LogP contribution in [0.2, 0.25) is 0 Å². The van der Waals surface area contributed by atoms with Gasteiger partial charge in [0.05, 0.1) is 11.2 Å². The molecular formula is C13H23N3S. The molecule has 1 aromatic rings. The summed E-state index contributed by atoms with van der Waals surface area (Å²) in [5.41, 5.74) is 3.11. The van der Waals surface area contributed by atoms with Crippen LogP contribution in [0, 0.1) is 6.92 Å². The van der Waals surface area contributed by atoms with Crippen molar-refractivity contribution in [1.82, 2.24) is 15.2 Å². The van der Waals surface area contributed by atoms with E-state index in [2.05, 4.69) is 36.0 Å². The summed E-state index contributed by atoms with van der Waals surface area (Å²) in [7, 11) is 0. The van der Waals surface area contributed by atoms with E-state index in [9.17, 15) is 0 Å². The minimum absolute atomic E-state index is 0.417. The standard InChI is InChI=1S/C13H23N3S/c1-10(8-16-6-4-5-7-16)15-12(3)13-11(2)14-9-17-13/h9-10,12,15H,4-8H2,1-3H3. The van der Waals surface area contributed by atoms with E-state index >= 15 is 0 Å². The van der Waals surface area contributed by atoms with Crippen LogP contribution >= 0.6 is 11.3 Å². The molecule has 0 saturated carbocycles. The molecule has 0 bridgehead atoms. The maximum absolute atomic E-state index is 4.32. The minimum Gasteiger partial charge on any atom is -0.306 e. The molecule has 1 fully saturated rings. The van der Waals surface area contributed by atoms with Crippen LogP contribution in [-0.4, -0.2) is 35.6 Å². The zero-order chi connectivity index (χ0) is 12.3. The molecule has 2 atom stereocenters. The summed E-state index contributed by atoms with van der Waals surface area (Å²) in [6, 6.07) is 0.963. The van der Waals surface area contributed by atoms with Gasteiger partial charge in [-0.05, 0) is 46.7 Å². The van der Waals surface area contributed by atoms with Crippen molar-refractivity contribution in [3.8, 4) is 0 Å². The highest BCUT2D eigenvalue weighted by molar-refractivity contribution is 7.09. The van der Waals surface area contributed by atoms with Gasteiger partial charge in [-0.1, -0.05) is 0 Å². The molecule has 1 aliphatic heterocycles. The first kappa shape index (κ1) is 13.0. The molecule has 96 valence electrons. The Morgan fingerprint density at radius 2 is 2.12 bits per heavy atom. The smallest absolute Gasteiger partial charge is 0.0798 e. The van der Waals surface area contributed by atoms with Crippen LogP contribution in [0.3, 0.4) is 0 Å². The maximum Gasteiger partial charge on any atom is 0.0798 e. The second kappa shape index (κ2) is 5.94. The molecule has 2 unspecified atom stereocenters. The van der Waals surface area contributed by atoms with Gasteiger partial charge in [0.25, 0.3) is 0 Å². The molecule has 1 aliphatic rings. The minimum atomic E-state index is 0.417. The van der Waals surface area contributed by atoms with Gasteiger partial charge in [0.15, 0.2) is 0 Å². The molecule has 0 spiro atoms. The summed E-state index contributed by atoms with van der Waals surface area (Å²) >= 11 is 1.76. The van der Waals surface area contributed by atoms with Crippen LogP contribution in [0.1, 0.15) is 43.3 Å². The van der Waals surface area contributed by atoms with Crippen molar-refractivity contribution in [1.29, 1.82) is 0 Å². The summed E-state index contributed by atoms with van der Waals surface area (Å²) < 4.78 is 0. The molecule has 2 rings (SSSR count). The summed E-state index contributed by atoms with van der Waals surface area (Å²) in [5.74, 6) is 0. The highest BCUT2D eigenvalue weighted by Gasteiger charge is 2.17. The van der Waals surface area contributed by atoms with Crippen LogP contribution in [-0.2, 0) is 0 Å². The number of hydrogen-bond acceptors (Lipinski definition) is 4. The van der Waals surface area contributed by atoms with E-state index in [4.69, 9.17) is 0 Å². The fourth-order valence-electron chi connectivity index (χ4n) is 2.63. The van der Waals surface area contributed by atoms with Gasteiger partial charge in [-0.15, -0.1) is 11.3 Å². The van der Waals surface area contributed by atoms with Crippen LogP contribution in [0.15, 0.2) is 5.51 Å². The summed E-state index contributed by atoms with van der Waals surface area (Å²) in [5, 5.41) is 3.68. The average Bonchev–Trinajstić information content (AvgIpc) is 2.88. The number of rotatable bonds is 5. The number of nitrogens with one attached hydrogen (secondary N) is 1. The van der Waals surface area contributed by atoms with E-state index in [0.717, 1.165) is 0 Å². The monoisotopic (exact) mass is 253 g/mol. The van der Waals surface area contributed by atoms with E-state index in [-0.39, 0.29) is 0 Å². The Bertz CT molecular complexity index is 344. The van der Waals surface area contributed by atoms with Gasteiger partial charge in [-0.3, -0.25) is 0 Å². The van der Waals surface area contributed by atoms with Crippen molar-refractivity contribution in [3.05, 3.63) is 16.1 Å². The highest BCUT2D eigenvalue weighted by Crippen LogP contribution is 2.21. The van der Waals surface area contributed by atoms with Crippen molar-refractivity contribution in [2.24, 2.45) is 0 Å². The Kier molecular flexibility index (Phi) is 4.54. The van der Waals surface area contributed by atoms with Crippen LogP contribution in [0.4, 0.5) is 0 Å². The number of hydrogen-bond donors (Lipinski definition) is 1. The molecule has 1 N–H and O–H groups in total. The lowest BCUT2D eigenvalue weighted by Crippen LogP contribution is -2.39. The van der Waals surface area contributed by atoms with E-state index in [1.54, 1.807) is 11.3 Å². The maximum atomic E-state index is 4.32. The third-order valence-corrected chi connectivity index (χ3v) is 4.55. The Hall–Kier alpha value is -0.450. The first-order valence-electron chi connectivity index (χ1n) is 6.55. The highest BCUT2D eigenvalue weighted by atomic mass is 32.1. The molecule has 2 heterocycles. The van der Waals surface area contributed by atoms with Crippen molar-refractivity contribution in [2.75, 3.05) is 19.6 Å². The quantitative estimate of drug-likeness (QED) is 0.874. The van der Waals surface area contributed by atoms with Crippen LogP contribution < -0.4 is 5.32 Å². The first-order valence-corrected chi connectivity index (χ1v) is 7.43. The Morgan fingerprint density at radius 1 is 1.41 bits per heavy atom. The molecule has 17 heavy (non-hydrogen) atoms. The average molecular weight is 253 g/mol. The van der Waals surface area contributed by atoms with Crippen molar-refractivity contribution < 1.29 is 0 Å². The predicted octanol–water partition coefficient (Wildman–Crippen LogP) is 2.59. The molecule has 3 nitrogen and oxygen atoms in total. The Labute approximate surface area is 108 Å². The molecule has 0 aliphatic carbocycles. The second-order valence-electron chi connectivity index (χ2n) is 5.10. The van der Waals surface area contributed by atoms with Crippen molar-refractivity contribution in [3.63, 3.8) is 0 Å². The molecule has 0 radical (unpaired) electrons. The van der Waals surface area contributed by atoms with Crippen LogP contribution in [0.25, 0.3) is 0 Å². The van der Waals surface area contributed by atoms with Gasteiger partial charge >= 0.3 is 0 Å². The molecule has 0 amide bonds. The fourth-order valence-corrected chi connectivity index (χ4v) is 3.45. The molecule has 4 heteroatoms. The van der Waals surface area contributed by atoms with E-state index in [1.807, 2.05) is 5.51 Å². The van der Waals surface area contributed by atoms with E-state index in [0.29, 0.717) is 12.1 Å². The number of nitrogens with zero attached hydrogens (tertiary/aromatic N) is 2. The van der Waals surface area contributed by atoms with Crippen molar-refractivity contribution >= 4 is 11.3 Å². The number of aromatic nitrogens is 1. The summed E-state index contributed by atoms with van der Waals surface area (Å²) in [6.45, 7) is 10.3. The fraction of sp³-hybridized carbons (Fsp3) is 0.769. The van der Waals surface area contributed by atoms with Gasteiger partial charge in [0.1, 0.15) is 0 Å². The Balaban J connectivity index is 1.81. The summed E-state index contributed by atoms with van der Waals surface area (Å²) in [6.07, 6.45) is 2.74. The Morgan fingerprint density at radius 3 is 2.71 bits per heavy atom. The van der Waals surface area contributed by atoms with Gasteiger partial charge < -0.3 is 10.2 Å². The lowest BCUT2D eigenvalue weighted by Gasteiger charge is -2.24. The zero-order valence-corrected chi connectivity index (χ0v) is 11.9. The largest absolute Gasteiger partial charge is 0.306 e. The molecule has 1 aromatic heterocycles. The van der Waals surface area contributed by atoms with Gasteiger partial charge in [0, 0.05) is 23.5 Å². The SMILES string of the molecule is Cc1ncsc1C(C)NC(C)CN1CCCC1.